The summed E-state index contributed by atoms with van der Waals surface area (Å²) in [5.74, 6) is 5.02. The summed E-state index contributed by atoms with van der Waals surface area (Å²) in [5, 5.41) is 0. The summed E-state index contributed by atoms with van der Waals surface area (Å²) in [6, 6.07) is 45.9. The number of aromatic nitrogens is 3. The Kier molecular flexibility index (Phi) is 8.09. The SMILES string of the molecule is C1=CC2C3C(=C1)C1=C(C=C4c5cc(-c6ccc(-c7nc(-c8ccccc8)nc(-c8ccc(-c9ccccc9)cc8)n7)cc6)ccc5C5(CCCCC5)C4C1)C1(CCCCC1)C23. The Balaban J connectivity index is 0.878. The van der Waals surface area contributed by atoms with E-state index in [0.29, 0.717) is 28.8 Å². The van der Waals surface area contributed by atoms with Crippen molar-refractivity contribution < 1.29 is 0 Å². The van der Waals surface area contributed by atoms with Crippen molar-refractivity contribution in [1.82, 2.24) is 15.0 Å². The van der Waals surface area contributed by atoms with Gasteiger partial charge in [0, 0.05) is 22.1 Å². The van der Waals surface area contributed by atoms with Gasteiger partial charge in [0.2, 0.25) is 0 Å². The van der Waals surface area contributed by atoms with Gasteiger partial charge in [-0.25, -0.2) is 15.0 Å². The number of allylic oxidation sites excluding steroid dienone is 8. The van der Waals surface area contributed by atoms with Gasteiger partial charge in [0.05, 0.1) is 0 Å². The average molecular weight is 790 g/mol. The van der Waals surface area contributed by atoms with E-state index in [4.69, 9.17) is 15.0 Å². The van der Waals surface area contributed by atoms with Crippen LogP contribution in [-0.2, 0) is 5.41 Å². The number of hydrogen-bond acceptors (Lipinski definition) is 3. The molecule has 0 N–H and O–H groups in total. The number of hydrogen-bond donors (Lipinski definition) is 0. The summed E-state index contributed by atoms with van der Waals surface area (Å²) in [6.45, 7) is 0. The van der Waals surface area contributed by atoms with Crippen molar-refractivity contribution in [1.29, 1.82) is 0 Å². The lowest BCUT2D eigenvalue weighted by Gasteiger charge is -2.48. The molecule has 0 amide bonds. The van der Waals surface area contributed by atoms with Crippen molar-refractivity contribution >= 4 is 5.57 Å². The summed E-state index contributed by atoms with van der Waals surface area (Å²) >= 11 is 0. The Morgan fingerprint density at radius 3 is 1.61 bits per heavy atom. The summed E-state index contributed by atoms with van der Waals surface area (Å²) < 4.78 is 0. The molecule has 3 saturated carbocycles. The molecule has 4 unspecified atom stereocenters. The number of fused-ring (bicyclic) bond motifs is 9. The van der Waals surface area contributed by atoms with Crippen LogP contribution in [0, 0.1) is 29.1 Å². The normalized spacial score (nSPS) is 24.7. The molecule has 4 atom stereocenters. The van der Waals surface area contributed by atoms with E-state index in [9.17, 15) is 0 Å². The van der Waals surface area contributed by atoms with E-state index in [0.717, 1.165) is 34.4 Å². The fraction of sp³-hybridized carbons (Fsp3) is 0.293. The van der Waals surface area contributed by atoms with Gasteiger partial charge in [0.1, 0.15) is 0 Å². The molecular weight excluding hydrogens is 739 g/mol. The predicted octanol–water partition coefficient (Wildman–Crippen LogP) is 14.4. The molecule has 0 bridgehead atoms. The maximum atomic E-state index is 5.10. The van der Waals surface area contributed by atoms with Crippen LogP contribution in [0.3, 0.4) is 0 Å². The zero-order valence-electron chi connectivity index (χ0n) is 34.9. The molecule has 3 fully saturated rings. The number of rotatable bonds is 5. The molecule has 298 valence electrons. The Hall–Kier alpha value is -5.93. The van der Waals surface area contributed by atoms with E-state index >= 15 is 0 Å². The highest BCUT2D eigenvalue weighted by molar-refractivity contribution is 5.86. The van der Waals surface area contributed by atoms with Gasteiger partial charge in [0.15, 0.2) is 17.5 Å². The second kappa shape index (κ2) is 13.8. The molecule has 1 heterocycles. The minimum absolute atomic E-state index is 0.264. The van der Waals surface area contributed by atoms with E-state index in [1.54, 1.807) is 33.4 Å². The molecule has 5 aromatic carbocycles. The maximum Gasteiger partial charge on any atom is 0.164 e. The zero-order chi connectivity index (χ0) is 40.1. The van der Waals surface area contributed by atoms with Crippen LogP contribution in [0.4, 0.5) is 0 Å². The van der Waals surface area contributed by atoms with E-state index < -0.39 is 0 Å². The lowest BCUT2D eigenvalue weighted by Crippen LogP contribution is -2.38. The van der Waals surface area contributed by atoms with Gasteiger partial charge in [-0.15, -0.1) is 0 Å². The van der Waals surface area contributed by atoms with Crippen LogP contribution in [0.2, 0.25) is 0 Å². The second-order valence-electron chi connectivity index (χ2n) is 19.3. The standard InChI is InChI=1S/C58H51N3/c1-5-14-37(15-6-1)38-20-24-41(25-21-38)55-59-54(40-16-7-2-8-17-40)60-56(61-55)42-26-22-39(23-27-42)43-28-29-49-46(34-43)48-36-51-47(35-50(48)57(49)30-9-3-10-31-57)44-18-13-19-45-52(44)53(45)58(51)32-11-4-12-33-58/h1-2,5-8,13-29,34,36,45,50,52-53H,3-4,9-12,30-33,35H2. The largest absolute Gasteiger partial charge is 0.208 e. The highest BCUT2D eigenvalue weighted by atomic mass is 15.0. The zero-order valence-corrected chi connectivity index (χ0v) is 34.9. The van der Waals surface area contributed by atoms with Gasteiger partial charge in [0.25, 0.3) is 0 Å². The van der Waals surface area contributed by atoms with Gasteiger partial charge in [-0.2, -0.15) is 0 Å². The van der Waals surface area contributed by atoms with E-state index in [-0.39, 0.29) is 5.41 Å². The quantitative estimate of drug-likeness (QED) is 0.175. The fourth-order valence-corrected chi connectivity index (χ4v) is 13.6. The molecule has 7 aliphatic carbocycles. The molecule has 0 radical (unpaired) electrons. The van der Waals surface area contributed by atoms with Crippen molar-refractivity contribution in [2.24, 2.45) is 29.1 Å². The lowest BCUT2D eigenvalue weighted by atomic mass is 9.56. The molecule has 1 aromatic heterocycles. The van der Waals surface area contributed by atoms with Crippen molar-refractivity contribution in [2.45, 2.75) is 76.0 Å². The number of benzene rings is 5. The van der Waals surface area contributed by atoms with Crippen LogP contribution in [0.15, 0.2) is 168 Å². The summed E-state index contributed by atoms with van der Waals surface area (Å²) in [7, 11) is 0. The van der Waals surface area contributed by atoms with Crippen LogP contribution < -0.4 is 0 Å². The first kappa shape index (κ1) is 35.8. The molecule has 6 aromatic rings. The van der Waals surface area contributed by atoms with Crippen LogP contribution in [-0.4, -0.2) is 15.0 Å². The van der Waals surface area contributed by atoms with Gasteiger partial charge >= 0.3 is 0 Å². The van der Waals surface area contributed by atoms with Gasteiger partial charge in [-0.1, -0.05) is 184 Å². The minimum Gasteiger partial charge on any atom is -0.208 e. The highest BCUT2D eigenvalue weighted by Crippen LogP contribution is 2.75. The summed E-state index contributed by atoms with van der Waals surface area (Å²) in [4.78, 5) is 15.2. The van der Waals surface area contributed by atoms with Gasteiger partial charge < -0.3 is 0 Å². The molecule has 3 heteroatoms. The minimum atomic E-state index is 0.264. The van der Waals surface area contributed by atoms with Crippen LogP contribution in [0.25, 0.3) is 62.0 Å². The fourth-order valence-electron chi connectivity index (χ4n) is 13.6. The van der Waals surface area contributed by atoms with Crippen LogP contribution in [0.1, 0.15) is 81.8 Å². The number of nitrogens with zero attached hydrogens (tertiary/aromatic N) is 3. The highest BCUT2D eigenvalue weighted by Gasteiger charge is 2.66. The topological polar surface area (TPSA) is 38.7 Å². The molecule has 2 spiro atoms. The lowest BCUT2D eigenvalue weighted by molar-refractivity contribution is 0.184. The third-order valence-corrected chi connectivity index (χ3v) is 16.4. The van der Waals surface area contributed by atoms with Crippen LogP contribution >= 0.6 is 0 Å². The molecular formula is C58H51N3. The van der Waals surface area contributed by atoms with Crippen molar-refractivity contribution in [3.63, 3.8) is 0 Å². The average Bonchev–Trinajstić information content (AvgIpc) is 4.05. The van der Waals surface area contributed by atoms with E-state index in [1.165, 1.54) is 92.9 Å². The summed E-state index contributed by atoms with van der Waals surface area (Å²) in [5.41, 5.74) is 18.6. The second-order valence-corrected chi connectivity index (χ2v) is 19.3. The smallest absolute Gasteiger partial charge is 0.164 e. The van der Waals surface area contributed by atoms with Crippen molar-refractivity contribution in [2.75, 3.05) is 0 Å². The van der Waals surface area contributed by atoms with Gasteiger partial charge in [-0.3, -0.25) is 0 Å². The molecule has 3 nitrogen and oxygen atoms in total. The van der Waals surface area contributed by atoms with E-state index in [1.807, 2.05) is 18.2 Å². The Morgan fingerprint density at radius 2 is 0.984 bits per heavy atom. The Labute approximate surface area is 360 Å². The van der Waals surface area contributed by atoms with Crippen molar-refractivity contribution in [3.05, 3.63) is 180 Å². The third-order valence-electron chi connectivity index (χ3n) is 16.4. The molecule has 13 rings (SSSR count). The Morgan fingerprint density at radius 1 is 0.475 bits per heavy atom. The maximum absolute atomic E-state index is 5.10. The first-order valence-electron chi connectivity index (χ1n) is 23.2. The van der Waals surface area contributed by atoms with Gasteiger partial charge in [-0.05, 0) is 123 Å². The molecule has 0 aliphatic heterocycles. The summed E-state index contributed by atoms with van der Waals surface area (Å²) in [6.07, 6.45) is 25.3. The van der Waals surface area contributed by atoms with E-state index in [2.05, 4.69) is 133 Å². The van der Waals surface area contributed by atoms with Crippen molar-refractivity contribution in [3.8, 4) is 56.4 Å². The first-order valence-corrected chi connectivity index (χ1v) is 23.2. The molecule has 0 saturated heterocycles. The predicted molar refractivity (Wildman–Crippen MR) is 248 cm³/mol. The Bertz CT molecular complexity index is 2830. The van der Waals surface area contributed by atoms with Crippen LogP contribution in [0.5, 0.6) is 0 Å². The first-order chi connectivity index (χ1) is 30.2. The molecule has 61 heavy (non-hydrogen) atoms. The monoisotopic (exact) mass is 789 g/mol. The molecule has 7 aliphatic rings. The third kappa shape index (κ3) is 5.51.